The summed E-state index contributed by atoms with van der Waals surface area (Å²) < 4.78 is 32.0. The summed E-state index contributed by atoms with van der Waals surface area (Å²) in [5.41, 5.74) is -0.514. The number of hydrogen-bond donors (Lipinski definition) is 0. The fraction of sp³-hybridized carbons (Fsp3) is 0.417. The molecule has 1 aromatic carbocycles. The summed E-state index contributed by atoms with van der Waals surface area (Å²) in [7, 11) is -4.18. The molecule has 2 rings (SSSR count). The number of carbonyl (C=O) groups is 1. The first-order valence-corrected chi connectivity index (χ1v) is 9.27. The zero-order valence-corrected chi connectivity index (χ0v) is 14.5. The second kappa shape index (κ2) is 6.46. The second-order valence-corrected chi connectivity index (χ2v) is 7.43. The molecule has 120 valence electrons. The molecule has 1 saturated heterocycles. The number of benzene rings is 1. The van der Waals surface area contributed by atoms with Crippen LogP contribution in [0.3, 0.4) is 0 Å². The van der Waals surface area contributed by atoms with Gasteiger partial charge in [0.1, 0.15) is 12.1 Å². The number of sulfonamides is 1. The summed E-state index contributed by atoms with van der Waals surface area (Å²) in [6.45, 7) is 1.38. The van der Waals surface area contributed by atoms with Gasteiger partial charge in [-0.3, -0.25) is 14.9 Å². The van der Waals surface area contributed by atoms with Crippen LogP contribution in [-0.4, -0.2) is 46.7 Å². The molecule has 1 heterocycles. The lowest BCUT2D eigenvalue weighted by atomic mass is 10.2. The fourth-order valence-corrected chi connectivity index (χ4v) is 4.35. The average molecular weight is 440 g/mol. The van der Waals surface area contributed by atoms with E-state index < -0.39 is 43.6 Å². The van der Waals surface area contributed by atoms with Crippen molar-refractivity contribution in [3.05, 3.63) is 34.4 Å². The van der Waals surface area contributed by atoms with Gasteiger partial charge < -0.3 is 4.74 Å². The number of rotatable bonds is 4. The third-order valence-electron chi connectivity index (χ3n) is 3.26. The number of hydrogen-bond acceptors (Lipinski definition) is 6. The van der Waals surface area contributed by atoms with Crippen LogP contribution in [0, 0.1) is 10.1 Å². The van der Waals surface area contributed by atoms with E-state index in [4.69, 9.17) is 4.74 Å². The molecule has 0 saturated carbocycles. The number of para-hydroxylation sites is 1. The first-order valence-electron chi connectivity index (χ1n) is 6.30. The van der Waals surface area contributed by atoms with Gasteiger partial charge in [-0.25, -0.2) is 8.42 Å². The molecule has 1 aliphatic heterocycles. The number of alkyl halides is 1. The Hall–Kier alpha value is -1.27. The van der Waals surface area contributed by atoms with Crippen LogP contribution in [0.2, 0.25) is 0 Å². The van der Waals surface area contributed by atoms with Crippen LogP contribution < -0.4 is 0 Å². The average Bonchev–Trinajstić information content (AvgIpc) is 2.49. The number of ether oxygens (including phenoxy) is 1. The van der Waals surface area contributed by atoms with Gasteiger partial charge in [0.25, 0.3) is 15.7 Å². The van der Waals surface area contributed by atoms with E-state index in [-0.39, 0.29) is 6.54 Å². The number of nitro groups is 1. The molecule has 0 aromatic heterocycles. The molecule has 22 heavy (non-hydrogen) atoms. The second-order valence-electron chi connectivity index (χ2n) is 4.69. The Labute approximate surface area is 140 Å². The minimum absolute atomic E-state index is 0.0236. The minimum Gasteiger partial charge on any atom is -0.459 e. The molecule has 0 radical (unpaired) electrons. The van der Waals surface area contributed by atoms with E-state index >= 15 is 0 Å². The van der Waals surface area contributed by atoms with Crippen molar-refractivity contribution in [1.29, 1.82) is 0 Å². The Morgan fingerprint density at radius 1 is 1.45 bits per heavy atom. The van der Waals surface area contributed by atoms with E-state index in [2.05, 4.69) is 0 Å². The van der Waals surface area contributed by atoms with Crippen molar-refractivity contribution >= 4 is 44.3 Å². The summed E-state index contributed by atoms with van der Waals surface area (Å²) >= 11 is 1.99. The van der Waals surface area contributed by atoms with Gasteiger partial charge in [0.15, 0.2) is 4.90 Å². The summed E-state index contributed by atoms with van der Waals surface area (Å²) in [5.74, 6) is -0.657. The van der Waals surface area contributed by atoms with E-state index in [1.54, 1.807) is 0 Å². The highest BCUT2D eigenvalue weighted by atomic mass is 127. The van der Waals surface area contributed by atoms with Crippen LogP contribution in [0.5, 0.6) is 0 Å². The molecule has 10 heteroatoms. The molecular weight excluding hydrogens is 427 g/mol. The third-order valence-corrected chi connectivity index (χ3v) is 6.23. The Kier molecular flexibility index (Phi) is 5.02. The number of nitrogens with zero attached hydrogens (tertiary/aromatic N) is 2. The molecule has 1 aromatic rings. The molecular formula is C12H13IN2O6S. The number of carbonyl (C=O) groups excluding carboxylic acids is 1. The zero-order chi connectivity index (χ0) is 16.5. The van der Waals surface area contributed by atoms with Gasteiger partial charge in [-0.2, -0.15) is 4.31 Å². The van der Waals surface area contributed by atoms with Crippen LogP contribution in [0.4, 0.5) is 5.69 Å². The van der Waals surface area contributed by atoms with Crippen molar-refractivity contribution in [2.24, 2.45) is 0 Å². The predicted molar refractivity (Wildman–Crippen MR) is 85.2 cm³/mol. The SMILES string of the molecule is C[C@@H]1C(=O)O[C@H](CI)CN1S(=O)(=O)c1ccccc1[N+](=O)[O-]. The standard InChI is InChI=1S/C12H13IN2O6S/c1-8-12(16)21-9(6-13)7-14(8)22(19,20)11-5-3-2-4-10(11)15(17)18/h2-5,8-9H,6-7H2,1H3/t8-,9-/m1/s1. The largest absolute Gasteiger partial charge is 0.459 e. The van der Waals surface area contributed by atoms with Gasteiger partial charge in [0.05, 0.1) is 11.5 Å². The smallest absolute Gasteiger partial charge is 0.324 e. The number of esters is 1. The Morgan fingerprint density at radius 3 is 2.68 bits per heavy atom. The normalized spacial score (nSPS) is 23.1. The van der Waals surface area contributed by atoms with Crippen LogP contribution >= 0.6 is 22.6 Å². The number of nitro benzene ring substituents is 1. The number of cyclic esters (lactones) is 1. The van der Waals surface area contributed by atoms with Crippen molar-refractivity contribution in [3.63, 3.8) is 0 Å². The molecule has 0 unspecified atom stereocenters. The minimum atomic E-state index is -4.18. The lowest BCUT2D eigenvalue weighted by Crippen LogP contribution is -2.54. The third kappa shape index (κ3) is 3.08. The van der Waals surface area contributed by atoms with Crippen LogP contribution in [0.25, 0.3) is 0 Å². The van der Waals surface area contributed by atoms with Gasteiger partial charge in [0, 0.05) is 10.5 Å². The van der Waals surface area contributed by atoms with Crippen molar-refractivity contribution in [3.8, 4) is 0 Å². The lowest BCUT2D eigenvalue weighted by molar-refractivity contribution is -0.387. The monoisotopic (exact) mass is 440 g/mol. The van der Waals surface area contributed by atoms with Crippen molar-refractivity contribution in [2.75, 3.05) is 11.0 Å². The summed E-state index contributed by atoms with van der Waals surface area (Å²) in [5, 5.41) is 11.0. The predicted octanol–water partition coefficient (Wildman–Crippen LogP) is 1.33. The summed E-state index contributed by atoms with van der Waals surface area (Å²) in [6, 6.07) is 4.06. The molecule has 0 spiro atoms. The zero-order valence-electron chi connectivity index (χ0n) is 11.5. The summed E-state index contributed by atoms with van der Waals surface area (Å²) in [6.07, 6.45) is -0.568. The number of halogens is 1. The molecule has 0 bridgehead atoms. The molecule has 2 atom stereocenters. The number of morpholine rings is 1. The van der Waals surface area contributed by atoms with Gasteiger partial charge in [-0.1, -0.05) is 34.7 Å². The Bertz CT molecular complexity index is 707. The van der Waals surface area contributed by atoms with E-state index in [0.29, 0.717) is 4.43 Å². The molecule has 1 fully saturated rings. The fourth-order valence-electron chi connectivity index (χ4n) is 2.12. The highest BCUT2D eigenvalue weighted by Crippen LogP contribution is 2.29. The molecule has 0 aliphatic carbocycles. The Balaban J connectivity index is 2.50. The van der Waals surface area contributed by atoms with Gasteiger partial charge in [0.2, 0.25) is 0 Å². The van der Waals surface area contributed by atoms with Crippen molar-refractivity contribution in [2.45, 2.75) is 24.0 Å². The quantitative estimate of drug-likeness (QED) is 0.230. The maximum Gasteiger partial charge on any atom is 0.324 e. The maximum absolute atomic E-state index is 12.7. The highest BCUT2D eigenvalue weighted by Gasteiger charge is 2.42. The topological polar surface area (TPSA) is 107 Å². The molecule has 0 N–H and O–H groups in total. The van der Waals surface area contributed by atoms with Gasteiger partial charge in [-0.05, 0) is 13.0 Å². The van der Waals surface area contributed by atoms with E-state index in [9.17, 15) is 23.3 Å². The first-order chi connectivity index (χ1) is 10.3. The maximum atomic E-state index is 12.7. The summed E-state index contributed by atoms with van der Waals surface area (Å²) in [4.78, 5) is 21.7. The van der Waals surface area contributed by atoms with Gasteiger partial charge in [-0.15, -0.1) is 0 Å². The van der Waals surface area contributed by atoms with Crippen molar-refractivity contribution < 1.29 is 22.9 Å². The van der Waals surface area contributed by atoms with Crippen LogP contribution in [0.1, 0.15) is 6.92 Å². The van der Waals surface area contributed by atoms with E-state index in [0.717, 1.165) is 10.4 Å². The highest BCUT2D eigenvalue weighted by molar-refractivity contribution is 14.1. The van der Waals surface area contributed by atoms with Gasteiger partial charge >= 0.3 is 5.97 Å². The molecule has 8 nitrogen and oxygen atoms in total. The first kappa shape index (κ1) is 17.1. The molecule has 1 aliphatic rings. The van der Waals surface area contributed by atoms with E-state index in [1.807, 2.05) is 22.6 Å². The van der Waals surface area contributed by atoms with Crippen molar-refractivity contribution in [1.82, 2.24) is 4.31 Å². The van der Waals surface area contributed by atoms with Crippen LogP contribution in [0.15, 0.2) is 29.2 Å². The van der Waals surface area contributed by atoms with Crippen LogP contribution in [-0.2, 0) is 19.6 Å². The lowest BCUT2D eigenvalue weighted by Gasteiger charge is -2.35. The van der Waals surface area contributed by atoms with E-state index in [1.165, 1.54) is 25.1 Å². The molecule has 0 amide bonds. The Morgan fingerprint density at radius 2 is 2.09 bits per heavy atom.